The predicted octanol–water partition coefficient (Wildman–Crippen LogP) is -0.282. The normalized spacial score (nSPS) is 29.0. The van der Waals surface area contributed by atoms with E-state index in [0.717, 1.165) is 5.56 Å². The number of benzene rings is 1. The quantitative estimate of drug-likeness (QED) is 0.603. The Morgan fingerprint density at radius 3 is 2.48 bits per heavy atom. The maximum absolute atomic E-state index is 11.3. The fourth-order valence-electron chi connectivity index (χ4n) is 2.66. The molecule has 138 valence electrons. The van der Waals surface area contributed by atoms with Crippen LogP contribution in [0, 0.1) is 0 Å². The summed E-state index contributed by atoms with van der Waals surface area (Å²) in [5, 5.41) is 23.0. The Hall–Kier alpha value is -2.00. The number of nitrogens with one attached hydrogen (secondary N) is 1. The summed E-state index contributed by atoms with van der Waals surface area (Å²) in [5.74, 6) is -1.09. The van der Waals surface area contributed by atoms with Gasteiger partial charge in [0.25, 0.3) is 0 Å². The summed E-state index contributed by atoms with van der Waals surface area (Å²) in [7, 11) is 0. The van der Waals surface area contributed by atoms with Gasteiger partial charge in [-0.15, -0.1) is 0 Å². The molecule has 2 rings (SSSR count). The molecule has 1 unspecified atom stereocenters. The molecular formula is C17H23NO7. The number of aliphatic hydroxyl groups is 2. The Labute approximate surface area is 145 Å². The number of carbonyl (C=O) groups excluding carboxylic acids is 2. The number of hydrogen-bond donors (Lipinski definition) is 3. The molecule has 1 heterocycles. The summed E-state index contributed by atoms with van der Waals surface area (Å²) < 4.78 is 15.9. The zero-order chi connectivity index (χ0) is 18.4. The maximum atomic E-state index is 11.3. The second kappa shape index (κ2) is 8.91. The minimum Gasteiger partial charge on any atom is -0.457 e. The summed E-state index contributed by atoms with van der Waals surface area (Å²) in [6.07, 6.45) is -4.76. The van der Waals surface area contributed by atoms with E-state index in [0.29, 0.717) is 6.61 Å². The SMILES string of the molecule is CC(=O)N[C@H]1C(O)O[C@H](COCc2ccccc2)[C@@H](O)[C@@H]1OC(C)=O. The zero-order valence-electron chi connectivity index (χ0n) is 14.1. The highest BCUT2D eigenvalue weighted by Crippen LogP contribution is 2.23. The first-order valence-electron chi connectivity index (χ1n) is 7.96. The molecule has 1 aliphatic heterocycles. The van der Waals surface area contributed by atoms with Crippen LogP contribution >= 0.6 is 0 Å². The summed E-state index contributed by atoms with van der Waals surface area (Å²) in [6, 6.07) is 8.36. The van der Waals surface area contributed by atoms with Crippen molar-refractivity contribution in [3.8, 4) is 0 Å². The monoisotopic (exact) mass is 353 g/mol. The number of esters is 1. The van der Waals surface area contributed by atoms with Crippen molar-refractivity contribution in [3.63, 3.8) is 0 Å². The molecule has 1 aliphatic rings. The second-order valence-electron chi connectivity index (χ2n) is 5.86. The molecule has 0 bridgehead atoms. The molecule has 8 heteroatoms. The fourth-order valence-corrected chi connectivity index (χ4v) is 2.66. The van der Waals surface area contributed by atoms with Crippen LogP contribution in [0.15, 0.2) is 30.3 Å². The molecule has 1 aromatic rings. The van der Waals surface area contributed by atoms with Crippen molar-refractivity contribution in [1.29, 1.82) is 0 Å². The summed E-state index contributed by atoms with van der Waals surface area (Å²) in [5.41, 5.74) is 0.945. The average molecular weight is 353 g/mol. The highest BCUT2D eigenvalue weighted by Gasteiger charge is 2.47. The van der Waals surface area contributed by atoms with E-state index in [1.54, 1.807) is 0 Å². The van der Waals surface area contributed by atoms with Crippen molar-refractivity contribution in [2.45, 2.75) is 51.1 Å². The van der Waals surface area contributed by atoms with Gasteiger partial charge in [0.05, 0.1) is 13.2 Å². The van der Waals surface area contributed by atoms with E-state index in [9.17, 15) is 19.8 Å². The molecule has 0 spiro atoms. The van der Waals surface area contributed by atoms with Gasteiger partial charge in [-0.25, -0.2) is 0 Å². The number of aliphatic hydroxyl groups excluding tert-OH is 2. The second-order valence-corrected chi connectivity index (χ2v) is 5.86. The molecular weight excluding hydrogens is 330 g/mol. The number of rotatable bonds is 6. The first kappa shape index (κ1) is 19.3. The number of ether oxygens (including phenoxy) is 3. The van der Waals surface area contributed by atoms with Crippen LogP contribution < -0.4 is 5.32 Å². The van der Waals surface area contributed by atoms with Gasteiger partial charge < -0.3 is 29.7 Å². The molecule has 1 aromatic carbocycles. The largest absolute Gasteiger partial charge is 0.457 e. The van der Waals surface area contributed by atoms with Crippen LogP contribution in [-0.4, -0.2) is 59.3 Å². The van der Waals surface area contributed by atoms with Crippen molar-refractivity contribution in [2.24, 2.45) is 0 Å². The van der Waals surface area contributed by atoms with Gasteiger partial charge in [-0.05, 0) is 5.56 Å². The van der Waals surface area contributed by atoms with E-state index in [4.69, 9.17) is 14.2 Å². The van der Waals surface area contributed by atoms with E-state index in [1.165, 1.54) is 13.8 Å². The van der Waals surface area contributed by atoms with E-state index >= 15 is 0 Å². The molecule has 5 atom stereocenters. The molecule has 0 radical (unpaired) electrons. The molecule has 8 nitrogen and oxygen atoms in total. The van der Waals surface area contributed by atoms with Crippen molar-refractivity contribution < 1.29 is 34.0 Å². The number of carbonyl (C=O) groups is 2. The van der Waals surface area contributed by atoms with Crippen LogP contribution in [0.1, 0.15) is 19.4 Å². The van der Waals surface area contributed by atoms with Crippen molar-refractivity contribution in [3.05, 3.63) is 35.9 Å². The van der Waals surface area contributed by atoms with Gasteiger partial charge in [-0.1, -0.05) is 30.3 Å². The van der Waals surface area contributed by atoms with Crippen LogP contribution in [0.4, 0.5) is 0 Å². The van der Waals surface area contributed by atoms with Crippen LogP contribution in [-0.2, 0) is 30.4 Å². The minimum absolute atomic E-state index is 0.0162. The minimum atomic E-state index is -1.44. The van der Waals surface area contributed by atoms with Gasteiger partial charge in [-0.3, -0.25) is 9.59 Å². The third-order valence-corrected chi connectivity index (χ3v) is 3.76. The van der Waals surface area contributed by atoms with Gasteiger partial charge in [0, 0.05) is 13.8 Å². The lowest BCUT2D eigenvalue weighted by Crippen LogP contribution is -2.65. The molecule has 1 amide bonds. The third kappa shape index (κ3) is 5.50. The van der Waals surface area contributed by atoms with E-state index in [2.05, 4.69) is 5.32 Å². The van der Waals surface area contributed by atoms with Crippen molar-refractivity contribution >= 4 is 11.9 Å². The smallest absolute Gasteiger partial charge is 0.303 e. The maximum Gasteiger partial charge on any atom is 0.303 e. The Balaban J connectivity index is 1.99. The third-order valence-electron chi connectivity index (χ3n) is 3.76. The lowest BCUT2D eigenvalue weighted by atomic mass is 9.96. The molecule has 1 saturated heterocycles. The zero-order valence-corrected chi connectivity index (χ0v) is 14.1. The summed E-state index contributed by atoms with van der Waals surface area (Å²) in [4.78, 5) is 22.6. The Bertz CT molecular complexity index is 580. The van der Waals surface area contributed by atoms with Gasteiger partial charge in [0.2, 0.25) is 5.91 Å². The van der Waals surface area contributed by atoms with Gasteiger partial charge >= 0.3 is 5.97 Å². The highest BCUT2D eigenvalue weighted by atomic mass is 16.6. The first-order valence-corrected chi connectivity index (χ1v) is 7.96. The van der Waals surface area contributed by atoms with E-state index < -0.39 is 42.5 Å². The Morgan fingerprint density at radius 2 is 1.88 bits per heavy atom. The van der Waals surface area contributed by atoms with Gasteiger partial charge in [0.15, 0.2) is 12.4 Å². The summed E-state index contributed by atoms with van der Waals surface area (Å²) in [6.45, 7) is 2.72. The topological polar surface area (TPSA) is 114 Å². The summed E-state index contributed by atoms with van der Waals surface area (Å²) >= 11 is 0. The molecule has 0 aliphatic carbocycles. The fraction of sp³-hybridized carbons (Fsp3) is 0.529. The predicted molar refractivity (Wildman–Crippen MR) is 86.1 cm³/mol. The number of amides is 1. The molecule has 25 heavy (non-hydrogen) atoms. The average Bonchev–Trinajstić information content (AvgIpc) is 2.55. The van der Waals surface area contributed by atoms with Gasteiger partial charge in [0.1, 0.15) is 18.2 Å². The Kier molecular flexibility index (Phi) is 6.89. The first-order chi connectivity index (χ1) is 11.9. The van der Waals surface area contributed by atoms with Crippen LogP contribution in [0.5, 0.6) is 0 Å². The van der Waals surface area contributed by atoms with E-state index in [-0.39, 0.29) is 6.61 Å². The van der Waals surface area contributed by atoms with Crippen LogP contribution in [0.2, 0.25) is 0 Å². The molecule has 1 fully saturated rings. The lowest BCUT2D eigenvalue weighted by molar-refractivity contribution is -0.261. The standard InChI is InChI=1S/C17H23NO7/c1-10(19)18-14-16(24-11(2)20)15(21)13(25-17(14)22)9-23-8-12-6-4-3-5-7-12/h3-7,13-17,21-22H,8-9H2,1-2H3,(H,18,19)/t13-,14-,15-,16-,17?/m1/s1. The van der Waals surface area contributed by atoms with Gasteiger partial charge in [-0.2, -0.15) is 0 Å². The highest BCUT2D eigenvalue weighted by molar-refractivity contribution is 5.73. The van der Waals surface area contributed by atoms with Crippen molar-refractivity contribution in [2.75, 3.05) is 6.61 Å². The molecule has 0 saturated carbocycles. The lowest BCUT2D eigenvalue weighted by Gasteiger charge is -2.42. The van der Waals surface area contributed by atoms with Crippen molar-refractivity contribution in [1.82, 2.24) is 5.32 Å². The number of hydrogen-bond acceptors (Lipinski definition) is 7. The van der Waals surface area contributed by atoms with Crippen LogP contribution in [0.3, 0.4) is 0 Å². The van der Waals surface area contributed by atoms with Crippen LogP contribution in [0.25, 0.3) is 0 Å². The molecule has 0 aromatic heterocycles. The van der Waals surface area contributed by atoms with E-state index in [1.807, 2.05) is 30.3 Å². The molecule has 3 N–H and O–H groups in total. The Morgan fingerprint density at radius 1 is 1.20 bits per heavy atom.